The van der Waals surface area contributed by atoms with Crippen molar-refractivity contribution in [3.8, 4) is 0 Å². The number of aliphatic carboxylic acids is 1. The van der Waals surface area contributed by atoms with E-state index in [1.807, 2.05) is 0 Å². The summed E-state index contributed by atoms with van der Waals surface area (Å²) in [6.45, 7) is 0. The van der Waals surface area contributed by atoms with Crippen LogP contribution in [0, 0.1) is 0 Å². The van der Waals surface area contributed by atoms with E-state index in [1.54, 1.807) is 11.4 Å². The van der Waals surface area contributed by atoms with Gasteiger partial charge in [-0.05, 0) is 25.0 Å². The molecule has 0 radical (unpaired) electrons. The molecule has 1 fully saturated rings. The standard InChI is InChI=1S/C13H15NO3S/c15-12(16)6-5-11-7-9(8-18-11)13(17)14-10-3-1-2-4-10/h5-8,10H,1-4H2,(H,14,17)(H,15,16). The van der Waals surface area contributed by atoms with E-state index in [2.05, 4.69) is 5.32 Å². The summed E-state index contributed by atoms with van der Waals surface area (Å²) in [7, 11) is 0. The van der Waals surface area contributed by atoms with E-state index in [0.29, 0.717) is 11.6 Å². The van der Waals surface area contributed by atoms with Crippen molar-refractivity contribution >= 4 is 29.3 Å². The van der Waals surface area contributed by atoms with Gasteiger partial charge in [-0.3, -0.25) is 4.79 Å². The fraction of sp³-hybridized carbons (Fsp3) is 0.385. The third-order valence-corrected chi connectivity index (χ3v) is 3.86. The van der Waals surface area contributed by atoms with E-state index in [0.717, 1.165) is 23.8 Å². The van der Waals surface area contributed by atoms with Gasteiger partial charge >= 0.3 is 5.97 Å². The van der Waals surface area contributed by atoms with Crippen LogP contribution in [0.1, 0.15) is 40.9 Å². The summed E-state index contributed by atoms with van der Waals surface area (Å²) >= 11 is 1.37. The third kappa shape index (κ3) is 3.43. The Balaban J connectivity index is 1.96. The lowest BCUT2D eigenvalue weighted by molar-refractivity contribution is -0.131. The van der Waals surface area contributed by atoms with Gasteiger partial charge < -0.3 is 10.4 Å². The Morgan fingerprint density at radius 3 is 2.78 bits per heavy atom. The Kier molecular flexibility index (Phi) is 4.15. The molecule has 1 heterocycles. The van der Waals surface area contributed by atoms with Crippen LogP contribution < -0.4 is 5.32 Å². The monoisotopic (exact) mass is 265 g/mol. The quantitative estimate of drug-likeness (QED) is 0.822. The van der Waals surface area contributed by atoms with Crippen LogP contribution in [0.4, 0.5) is 0 Å². The van der Waals surface area contributed by atoms with Gasteiger partial charge in [-0.15, -0.1) is 11.3 Å². The van der Waals surface area contributed by atoms with Crippen LogP contribution in [0.25, 0.3) is 6.08 Å². The summed E-state index contributed by atoms with van der Waals surface area (Å²) < 4.78 is 0. The molecule has 0 unspecified atom stereocenters. The normalized spacial score (nSPS) is 16.2. The van der Waals surface area contributed by atoms with Crippen LogP contribution in [0.5, 0.6) is 0 Å². The summed E-state index contributed by atoms with van der Waals surface area (Å²) in [5, 5.41) is 13.3. The molecule has 2 rings (SSSR count). The Bertz CT molecular complexity index is 472. The maximum absolute atomic E-state index is 11.9. The number of rotatable bonds is 4. The molecule has 1 aliphatic rings. The minimum atomic E-state index is -0.986. The van der Waals surface area contributed by atoms with E-state index in [4.69, 9.17) is 5.11 Å². The highest BCUT2D eigenvalue weighted by molar-refractivity contribution is 7.11. The van der Waals surface area contributed by atoms with Gasteiger partial charge in [0.05, 0.1) is 5.56 Å². The lowest BCUT2D eigenvalue weighted by atomic mass is 10.2. The maximum Gasteiger partial charge on any atom is 0.328 e. The number of hydrogen-bond donors (Lipinski definition) is 2. The molecule has 1 aromatic rings. The van der Waals surface area contributed by atoms with Crippen LogP contribution in [-0.4, -0.2) is 23.0 Å². The van der Waals surface area contributed by atoms with Crippen molar-refractivity contribution in [2.45, 2.75) is 31.7 Å². The fourth-order valence-corrected chi connectivity index (χ4v) is 2.83. The SMILES string of the molecule is O=C(O)C=Cc1cc(C(=O)NC2CCCC2)cs1. The lowest BCUT2D eigenvalue weighted by Crippen LogP contribution is -2.32. The molecule has 4 nitrogen and oxygen atoms in total. The first-order chi connectivity index (χ1) is 8.65. The number of carboxylic acids is 1. The first-order valence-electron chi connectivity index (χ1n) is 5.95. The molecular weight excluding hydrogens is 250 g/mol. The molecule has 2 N–H and O–H groups in total. The third-order valence-electron chi connectivity index (χ3n) is 2.96. The molecule has 0 aliphatic heterocycles. The van der Waals surface area contributed by atoms with Gasteiger partial charge in [0, 0.05) is 22.4 Å². The molecule has 96 valence electrons. The number of hydrogen-bond acceptors (Lipinski definition) is 3. The molecule has 1 saturated carbocycles. The largest absolute Gasteiger partial charge is 0.478 e. The molecule has 0 atom stereocenters. The predicted molar refractivity (Wildman–Crippen MR) is 70.7 cm³/mol. The van der Waals surface area contributed by atoms with Gasteiger partial charge in [-0.1, -0.05) is 12.8 Å². The van der Waals surface area contributed by atoms with Crippen molar-refractivity contribution in [3.63, 3.8) is 0 Å². The van der Waals surface area contributed by atoms with Crippen molar-refractivity contribution < 1.29 is 14.7 Å². The topological polar surface area (TPSA) is 66.4 Å². The van der Waals surface area contributed by atoms with E-state index >= 15 is 0 Å². The number of carboxylic acid groups (broad SMARTS) is 1. The molecule has 5 heteroatoms. The minimum absolute atomic E-state index is 0.0619. The van der Waals surface area contributed by atoms with Crippen LogP contribution >= 0.6 is 11.3 Å². The van der Waals surface area contributed by atoms with Crippen LogP contribution in [-0.2, 0) is 4.79 Å². The smallest absolute Gasteiger partial charge is 0.328 e. The summed E-state index contributed by atoms with van der Waals surface area (Å²) in [6, 6.07) is 2.02. The van der Waals surface area contributed by atoms with E-state index in [9.17, 15) is 9.59 Å². The number of thiophene rings is 1. The molecule has 0 aromatic carbocycles. The maximum atomic E-state index is 11.9. The van der Waals surface area contributed by atoms with Crippen LogP contribution in [0.2, 0.25) is 0 Å². The highest BCUT2D eigenvalue weighted by atomic mass is 32.1. The zero-order valence-electron chi connectivity index (χ0n) is 9.89. The Hall–Kier alpha value is -1.62. The zero-order valence-corrected chi connectivity index (χ0v) is 10.7. The Morgan fingerprint density at radius 2 is 2.11 bits per heavy atom. The van der Waals surface area contributed by atoms with Crippen molar-refractivity contribution in [1.82, 2.24) is 5.32 Å². The second-order valence-electron chi connectivity index (χ2n) is 4.36. The molecule has 1 amide bonds. The van der Waals surface area contributed by atoms with Gasteiger partial charge in [-0.25, -0.2) is 4.79 Å². The molecule has 0 spiro atoms. The molecule has 1 aliphatic carbocycles. The average molecular weight is 265 g/mol. The summed E-state index contributed by atoms with van der Waals surface area (Å²) in [6.07, 6.45) is 7.05. The first kappa shape index (κ1) is 12.8. The highest BCUT2D eigenvalue weighted by Crippen LogP contribution is 2.20. The number of amides is 1. The molecule has 0 saturated heterocycles. The number of carbonyl (C=O) groups is 2. The Morgan fingerprint density at radius 1 is 1.39 bits per heavy atom. The lowest BCUT2D eigenvalue weighted by Gasteiger charge is -2.10. The van der Waals surface area contributed by atoms with Crippen molar-refractivity contribution in [1.29, 1.82) is 0 Å². The van der Waals surface area contributed by atoms with Gasteiger partial charge in [0.2, 0.25) is 0 Å². The molecule has 18 heavy (non-hydrogen) atoms. The summed E-state index contributed by atoms with van der Waals surface area (Å²) in [5.41, 5.74) is 0.608. The fourth-order valence-electron chi connectivity index (χ4n) is 2.05. The zero-order chi connectivity index (χ0) is 13.0. The average Bonchev–Trinajstić information content (AvgIpc) is 2.96. The van der Waals surface area contributed by atoms with Crippen LogP contribution in [0.15, 0.2) is 17.5 Å². The number of carbonyl (C=O) groups excluding carboxylic acids is 1. The van der Waals surface area contributed by atoms with Crippen molar-refractivity contribution in [2.75, 3.05) is 0 Å². The van der Waals surface area contributed by atoms with Gasteiger partial charge in [0.15, 0.2) is 0 Å². The van der Waals surface area contributed by atoms with Gasteiger partial charge in [0.25, 0.3) is 5.91 Å². The highest BCUT2D eigenvalue weighted by Gasteiger charge is 2.18. The minimum Gasteiger partial charge on any atom is -0.478 e. The second kappa shape index (κ2) is 5.82. The van der Waals surface area contributed by atoms with Crippen LogP contribution in [0.3, 0.4) is 0 Å². The summed E-state index contributed by atoms with van der Waals surface area (Å²) in [4.78, 5) is 23.1. The van der Waals surface area contributed by atoms with Crippen molar-refractivity contribution in [2.24, 2.45) is 0 Å². The van der Waals surface area contributed by atoms with Crippen molar-refractivity contribution in [3.05, 3.63) is 28.0 Å². The van der Waals surface area contributed by atoms with Gasteiger partial charge in [-0.2, -0.15) is 0 Å². The van der Waals surface area contributed by atoms with E-state index in [-0.39, 0.29) is 5.91 Å². The first-order valence-corrected chi connectivity index (χ1v) is 6.83. The molecular formula is C13H15NO3S. The molecule has 1 aromatic heterocycles. The summed E-state index contributed by atoms with van der Waals surface area (Å²) in [5.74, 6) is -1.05. The number of nitrogens with one attached hydrogen (secondary N) is 1. The Labute approximate surface area is 109 Å². The predicted octanol–water partition coefficient (Wildman–Crippen LogP) is 2.52. The van der Waals surface area contributed by atoms with E-state index in [1.165, 1.54) is 30.3 Å². The van der Waals surface area contributed by atoms with Gasteiger partial charge in [0.1, 0.15) is 0 Å². The van der Waals surface area contributed by atoms with E-state index < -0.39 is 5.97 Å². The second-order valence-corrected chi connectivity index (χ2v) is 5.31. The molecule has 0 bridgehead atoms.